The highest BCUT2D eigenvalue weighted by molar-refractivity contribution is 14.1. The van der Waals surface area contributed by atoms with Crippen LogP contribution in [0.2, 0.25) is 0 Å². The lowest BCUT2D eigenvalue weighted by Gasteiger charge is -2.47. The first-order valence-electron chi connectivity index (χ1n) is 9.03. The zero-order valence-electron chi connectivity index (χ0n) is 16.2. The minimum atomic E-state index is -1.66. The molecule has 28 heavy (non-hydrogen) atoms. The van der Waals surface area contributed by atoms with Crippen molar-refractivity contribution in [3.05, 3.63) is 32.6 Å². The van der Waals surface area contributed by atoms with E-state index in [1.807, 2.05) is 29.5 Å². The quantitative estimate of drug-likeness (QED) is 0.500. The molecule has 1 aromatic carbocycles. The van der Waals surface area contributed by atoms with Crippen molar-refractivity contribution in [2.45, 2.75) is 44.8 Å². The van der Waals surface area contributed by atoms with E-state index in [1.54, 1.807) is 19.1 Å². The maximum absolute atomic E-state index is 13.1. The van der Waals surface area contributed by atoms with Gasteiger partial charge >= 0.3 is 11.9 Å². The number of phenols is 1. The van der Waals surface area contributed by atoms with Gasteiger partial charge in [-0.25, -0.2) is 4.79 Å². The summed E-state index contributed by atoms with van der Waals surface area (Å²) in [6, 6.07) is 3.40. The summed E-state index contributed by atoms with van der Waals surface area (Å²) in [6.45, 7) is 3.56. The molecule has 0 saturated carbocycles. The maximum Gasteiger partial charge on any atom is 0.358 e. The number of benzene rings is 1. The molecular weight excluding hydrogens is 479 g/mol. The zero-order valence-corrected chi connectivity index (χ0v) is 18.4. The Kier molecular flexibility index (Phi) is 5.79. The second kappa shape index (κ2) is 7.81. The van der Waals surface area contributed by atoms with E-state index >= 15 is 0 Å². The van der Waals surface area contributed by atoms with E-state index in [0.29, 0.717) is 32.6 Å². The summed E-state index contributed by atoms with van der Waals surface area (Å²) in [7, 11) is 2.79. The number of aromatic hydroxyl groups is 1. The number of allylic oxidation sites excluding steroid dienone is 1. The normalized spacial score (nSPS) is 25.9. The van der Waals surface area contributed by atoms with Crippen molar-refractivity contribution in [1.29, 1.82) is 0 Å². The summed E-state index contributed by atoms with van der Waals surface area (Å²) in [5, 5.41) is 10.5. The first-order valence-corrected chi connectivity index (χ1v) is 10.1. The highest BCUT2D eigenvalue weighted by Gasteiger charge is 2.62. The molecule has 0 bridgehead atoms. The van der Waals surface area contributed by atoms with Crippen molar-refractivity contribution in [3.8, 4) is 11.5 Å². The highest BCUT2D eigenvalue weighted by atomic mass is 127. The Morgan fingerprint density at radius 1 is 1.36 bits per heavy atom. The number of methoxy groups -OCH3 is 2. The lowest BCUT2D eigenvalue weighted by molar-refractivity contribution is -0.184. The zero-order chi connectivity index (χ0) is 20.6. The van der Waals surface area contributed by atoms with Crippen LogP contribution in [0.4, 0.5) is 0 Å². The van der Waals surface area contributed by atoms with Gasteiger partial charge in [0.1, 0.15) is 17.3 Å². The third-order valence-electron chi connectivity index (χ3n) is 5.31. The molecular formula is C20H23IO7. The summed E-state index contributed by atoms with van der Waals surface area (Å²) in [6.07, 6.45) is -0.0127. The summed E-state index contributed by atoms with van der Waals surface area (Å²) in [5.41, 5.74) is -0.584. The molecule has 0 fully saturated rings. The van der Waals surface area contributed by atoms with E-state index in [-0.39, 0.29) is 24.5 Å². The molecule has 8 heteroatoms. The second-order valence-electron chi connectivity index (χ2n) is 6.93. The van der Waals surface area contributed by atoms with Crippen LogP contribution in [0, 0.1) is 9.49 Å². The number of fused-ring (bicyclic) bond motifs is 2. The van der Waals surface area contributed by atoms with Crippen LogP contribution in [-0.4, -0.2) is 43.0 Å². The van der Waals surface area contributed by atoms with Crippen LogP contribution in [0.25, 0.3) is 0 Å². The SMILES string of the molecule is CCC(=O)O[C@@H]1[C@@H](C)CC(OC)=C2Cc3c(ccc(I)c3O)O[C@]21C(=O)OC. The summed E-state index contributed by atoms with van der Waals surface area (Å²) >= 11 is 2.03. The van der Waals surface area contributed by atoms with Gasteiger partial charge in [0, 0.05) is 36.3 Å². The third-order valence-corrected chi connectivity index (χ3v) is 6.18. The molecule has 0 spiro atoms. The van der Waals surface area contributed by atoms with Crippen molar-refractivity contribution >= 4 is 34.5 Å². The average Bonchev–Trinajstić information content (AvgIpc) is 2.70. The number of hydrogen-bond donors (Lipinski definition) is 1. The van der Waals surface area contributed by atoms with Crippen LogP contribution in [0.5, 0.6) is 11.5 Å². The Morgan fingerprint density at radius 3 is 2.68 bits per heavy atom. The molecule has 3 rings (SSSR count). The fourth-order valence-electron chi connectivity index (χ4n) is 3.92. The van der Waals surface area contributed by atoms with Crippen LogP contribution in [0.3, 0.4) is 0 Å². The van der Waals surface area contributed by atoms with Crippen molar-refractivity contribution in [2.75, 3.05) is 14.2 Å². The van der Waals surface area contributed by atoms with Gasteiger partial charge in [-0.3, -0.25) is 4.79 Å². The topological polar surface area (TPSA) is 91.3 Å². The Bertz CT molecular complexity index is 847. The van der Waals surface area contributed by atoms with Gasteiger partial charge in [-0.05, 0) is 34.7 Å². The molecule has 152 valence electrons. The number of rotatable bonds is 4. The van der Waals surface area contributed by atoms with Gasteiger partial charge in [-0.1, -0.05) is 13.8 Å². The van der Waals surface area contributed by atoms with E-state index in [0.717, 1.165) is 0 Å². The summed E-state index contributed by atoms with van der Waals surface area (Å²) < 4.78 is 23.3. The van der Waals surface area contributed by atoms with Gasteiger partial charge in [-0.2, -0.15) is 0 Å². The van der Waals surface area contributed by atoms with Crippen LogP contribution >= 0.6 is 22.6 Å². The number of carbonyl (C=O) groups is 2. The van der Waals surface area contributed by atoms with E-state index in [1.165, 1.54) is 14.2 Å². The highest BCUT2D eigenvalue weighted by Crippen LogP contribution is 2.50. The van der Waals surface area contributed by atoms with Crippen LogP contribution in [0.1, 0.15) is 32.3 Å². The van der Waals surface area contributed by atoms with E-state index < -0.39 is 23.6 Å². The Labute approximate surface area is 177 Å². The summed E-state index contributed by atoms with van der Waals surface area (Å²) in [5.74, 6) is -0.311. The Balaban J connectivity index is 2.26. The molecule has 3 atom stereocenters. The molecule has 1 aliphatic carbocycles. The summed E-state index contributed by atoms with van der Waals surface area (Å²) in [4.78, 5) is 25.2. The van der Waals surface area contributed by atoms with E-state index in [4.69, 9.17) is 18.9 Å². The fraction of sp³-hybridized carbons (Fsp3) is 0.500. The molecule has 1 N–H and O–H groups in total. The van der Waals surface area contributed by atoms with Gasteiger partial charge in [0.2, 0.25) is 0 Å². The molecule has 0 saturated heterocycles. The molecule has 1 aromatic rings. The molecule has 0 amide bonds. The minimum Gasteiger partial charge on any atom is -0.506 e. The molecule has 1 heterocycles. The van der Waals surface area contributed by atoms with Gasteiger partial charge in [0.05, 0.1) is 17.8 Å². The number of ether oxygens (including phenoxy) is 4. The average molecular weight is 502 g/mol. The van der Waals surface area contributed by atoms with E-state index in [9.17, 15) is 14.7 Å². The third kappa shape index (κ3) is 3.11. The van der Waals surface area contributed by atoms with Gasteiger partial charge in [0.15, 0.2) is 6.10 Å². The van der Waals surface area contributed by atoms with E-state index in [2.05, 4.69) is 0 Å². The predicted molar refractivity (Wildman–Crippen MR) is 108 cm³/mol. The number of esters is 2. The van der Waals surface area contributed by atoms with Crippen LogP contribution in [-0.2, 0) is 30.2 Å². The van der Waals surface area contributed by atoms with Gasteiger partial charge < -0.3 is 24.1 Å². The lowest BCUT2D eigenvalue weighted by atomic mass is 9.70. The van der Waals surface area contributed by atoms with Crippen molar-refractivity contribution < 1.29 is 33.6 Å². The predicted octanol–water partition coefficient (Wildman–Crippen LogP) is 3.11. The smallest absolute Gasteiger partial charge is 0.358 e. The van der Waals surface area contributed by atoms with Crippen LogP contribution in [0.15, 0.2) is 23.5 Å². The fourth-order valence-corrected chi connectivity index (χ4v) is 4.43. The molecule has 7 nitrogen and oxygen atoms in total. The van der Waals surface area contributed by atoms with Gasteiger partial charge in [0.25, 0.3) is 5.60 Å². The standard InChI is InChI=1S/C20H23IO7/c1-5-16(22)27-18-10(2)8-15(25-3)12-9-11-14(7-6-13(21)17(11)23)28-20(12,18)19(24)26-4/h6-7,10,18,23H,5,8-9H2,1-4H3/t10-,18+,20+/m0/s1. The minimum absolute atomic E-state index is 0.0974. The molecule has 0 unspecified atom stereocenters. The number of carbonyl (C=O) groups excluding carboxylic acids is 2. The van der Waals surface area contributed by atoms with Crippen LogP contribution < -0.4 is 4.74 Å². The van der Waals surface area contributed by atoms with Gasteiger partial charge in [-0.15, -0.1) is 0 Å². The van der Waals surface area contributed by atoms with Crippen molar-refractivity contribution in [1.82, 2.24) is 0 Å². The first-order chi connectivity index (χ1) is 13.3. The monoisotopic (exact) mass is 502 g/mol. The molecule has 0 radical (unpaired) electrons. The molecule has 1 aliphatic heterocycles. The Hall–Kier alpha value is -1.97. The maximum atomic E-state index is 13.1. The van der Waals surface area contributed by atoms with Crippen molar-refractivity contribution in [2.24, 2.45) is 5.92 Å². The largest absolute Gasteiger partial charge is 0.506 e. The number of halogens is 1. The molecule has 0 aromatic heterocycles. The number of hydrogen-bond acceptors (Lipinski definition) is 7. The first kappa shape index (κ1) is 20.8. The van der Waals surface area contributed by atoms with Crippen molar-refractivity contribution in [3.63, 3.8) is 0 Å². The Morgan fingerprint density at radius 2 is 2.07 bits per heavy atom. The number of phenolic OH excluding ortho intramolecular Hbond substituents is 1. The lowest BCUT2D eigenvalue weighted by Crippen LogP contribution is -2.63. The molecule has 2 aliphatic rings. The second-order valence-corrected chi connectivity index (χ2v) is 8.09.